The fraction of sp³-hybridized carbons (Fsp3) is 0.211. The number of nitrogens with zero attached hydrogens (tertiary/aromatic N) is 3. The van der Waals surface area contributed by atoms with Gasteiger partial charge in [0.15, 0.2) is 5.16 Å². The van der Waals surface area contributed by atoms with Crippen LogP contribution in [-0.2, 0) is 16.0 Å². The highest BCUT2D eigenvalue weighted by molar-refractivity contribution is 8.00. The van der Waals surface area contributed by atoms with Crippen molar-refractivity contribution in [2.45, 2.75) is 23.2 Å². The minimum atomic E-state index is -0.241. The smallest absolute Gasteiger partial charge is 0.319 e. The Kier molecular flexibility index (Phi) is 4.95. The third kappa shape index (κ3) is 3.61. The molecule has 1 aliphatic rings. The van der Waals surface area contributed by atoms with Gasteiger partial charge in [-0.05, 0) is 29.8 Å². The number of hydrogen-bond acceptors (Lipinski definition) is 5. The predicted octanol–water partition coefficient (Wildman–Crippen LogP) is 3.92. The highest BCUT2D eigenvalue weighted by Crippen LogP contribution is 2.31. The second kappa shape index (κ2) is 7.51. The molecule has 0 spiro atoms. The average Bonchev–Trinajstić information content (AvgIpc) is 3.24. The molecule has 1 aromatic heterocycles. The molecule has 5 nitrogen and oxygen atoms in total. The SMILES string of the molecule is O=C1OCCC1Sc1nnc(Cc2ccccc2)n1-c1ccc(Cl)cc1. The van der Waals surface area contributed by atoms with E-state index in [4.69, 9.17) is 16.3 Å². The number of halogens is 1. The largest absolute Gasteiger partial charge is 0.465 e. The summed E-state index contributed by atoms with van der Waals surface area (Å²) in [6.45, 7) is 0.461. The number of hydrogen-bond donors (Lipinski definition) is 0. The van der Waals surface area contributed by atoms with E-state index in [1.54, 1.807) is 0 Å². The Labute approximate surface area is 160 Å². The van der Waals surface area contributed by atoms with Crippen molar-refractivity contribution in [3.05, 3.63) is 71.0 Å². The van der Waals surface area contributed by atoms with E-state index in [9.17, 15) is 4.79 Å². The summed E-state index contributed by atoms with van der Waals surface area (Å²) in [5.74, 6) is 0.623. The summed E-state index contributed by atoms with van der Waals surface area (Å²) in [4.78, 5) is 11.9. The normalized spacial score (nSPS) is 16.7. The maximum absolute atomic E-state index is 11.9. The van der Waals surface area contributed by atoms with Crippen LogP contribution in [0.5, 0.6) is 0 Å². The molecule has 1 aliphatic heterocycles. The molecule has 0 N–H and O–H groups in total. The van der Waals surface area contributed by atoms with Gasteiger partial charge in [-0.2, -0.15) is 0 Å². The molecule has 2 aromatic carbocycles. The topological polar surface area (TPSA) is 57.0 Å². The Hall–Kier alpha value is -2.31. The van der Waals surface area contributed by atoms with E-state index in [-0.39, 0.29) is 11.2 Å². The number of esters is 1. The van der Waals surface area contributed by atoms with Crippen molar-refractivity contribution in [2.24, 2.45) is 0 Å². The number of rotatable bonds is 5. The van der Waals surface area contributed by atoms with E-state index in [1.165, 1.54) is 11.8 Å². The minimum absolute atomic E-state index is 0.190. The van der Waals surface area contributed by atoms with Gasteiger partial charge < -0.3 is 4.74 Å². The molecule has 4 rings (SSSR count). The lowest BCUT2D eigenvalue weighted by Gasteiger charge is -2.11. The van der Waals surface area contributed by atoms with Crippen molar-refractivity contribution >= 4 is 29.3 Å². The van der Waals surface area contributed by atoms with Gasteiger partial charge in [-0.25, -0.2) is 0 Å². The summed E-state index contributed by atoms with van der Waals surface area (Å²) < 4.78 is 7.05. The maximum atomic E-state index is 11.9. The third-order valence-electron chi connectivity index (χ3n) is 4.13. The van der Waals surface area contributed by atoms with Crippen LogP contribution in [0, 0.1) is 0 Å². The Morgan fingerprint density at radius 1 is 1.12 bits per heavy atom. The van der Waals surface area contributed by atoms with Gasteiger partial charge >= 0.3 is 5.97 Å². The molecule has 0 amide bonds. The first kappa shape index (κ1) is 17.1. The van der Waals surface area contributed by atoms with E-state index in [1.807, 2.05) is 47.0 Å². The van der Waals surface area contributed by atoms with Crippen LogP contribution >= 0.6 is 23.4 Å². The summed E-state index contributed by atoms with van der Waals surface area (Å²) >= 11 is 7.43. The van der Waals surface area contributed by atoms with Crippen LogP contribution < -0.4 is 0 Å². The highest BCUT2D eigenvalue weighted by Gasteiger charge is 2.30. The summed E-state index contributed by atoms with van der Waals surface area (Å²) in [5, 5.41) is 9.84. The van der Waals surface area contributed by atoms with Gasteiger partial charge in [-0.1, -0.05) is 53.7 Å². The van der Waals surface area contributed by atoms with Crippen LogP contribution in [0.15, 0.2) is 59.8 Å². The van der Waals surface area contributed by atoms with Crippen molar-refractivity contribution in [1.29, 1.82) is 0 Å². The van der Waals surface area contributed by atoms with Gasteiger partial charge in [0.2, 0.25) is 0 Å². The molecular formula is C19H16ClN3O2S. The first-order valence-corrected chi connectivity index (χ1v) is 9.54. The lowest BCUT2D eigenvalue weighted by Crippen LogP contribution is -2.11. The molecule has 0 aliphatic carbocycles. The number of benzene rings is 2. The monoisotopic (exact) mass is 385 g/mol. The lowest BCUT2D eigenvalue weighted by molar-refractivity contribution is -0.137. The number of cyclic esters (lactones) is 1. The third-order valence-corrected chi connectivity index (χ3v) is 5.56. The Morgan fingerprint density at radius 2 is 1.88 bits per heavy atom. The first-order valence-electron chi connectivity index (χ1n) is 8.28. The Bertz CT molecular complexity index is 912. The molecule has 1 atom stereocenters. The molecule has 0 radical (unpaired) electrons. The quantitative estimate of drug-likeness (QED) is 0.623. The van der Waals surface area contributed by atoms with Gasteiger partial charge in [0, 0.05) is 23.6 Å². The van der Waals surface area contributed by atoms with Gasteiger partial charge in [-0.15, -0.1) is 10.2 Å². The zero-order valence-corrected chi connectivity index (χ0v) is 15.4. The number of carbonyl (C=O) groups is 1. The second-order valence-electron chi connectivity index (χ2n) is 5.94. The molecule has 0 saturated carbocycles. The lowest BCUT2D eigenvalue weighted by atomic mass is 10.1. The van der Waals surface area contributed by atoms with Crippen molar-refractivity contribution < 1.29 is 9.53 Å². The molecule has 2 heterocycles. The fourth-order valence-electron chi connectivity index (χ4n) is 2.83. The molecule has 1 fully saturated rings. The number of carbonyl (C=O) groups excluding carboxylic acids is 1. The molecule has 26 heavy (non-hydrogen) atoms. The fourth-order valence-corrected chi connectivity index (χ4v) is 3.99. The van der Waals surface area contributed by atoms with Crippen LogP contribution in [0.2, 0.25) is 5.02 Å². The highest BCUT2D eigenvalue weighted by atomic mass is 35.5. The number of ether oxygens (including phenoxy) is 1. The van der Waals surface area contributed by atoms with E-state index >= 15 is 0 Å². The minimum Gasteiger partial charge on any atom is -0.465 e. The molecule has 1 saturated heterocycles. The summed E-state index contributed by atoms with van der Waals surface area (Å²) in [5.41, 5.74) is 2.06. The summed E-state index contributed by atoms with van der Waals surface area (Å²) in [6, 6.07) is 17.6. The standard InChI is InChI=1S/C19H16ClN3O2S/c20-14-6-8-15(9-7-14)23-17(12-13-4-2-1-3-5-13)21-22-19(23)26-16-10-11-25-18(16)24/h1-9,16H,10-12H2. The first-order chi connectivity index (χ1) is 12.7. The van der Waals surface area contributed by atoms with Gasteiger partial charge in [0.1, 0.15) is 11.1 Å². The molecule has 7 heteroatoms. The van der Waals surface area contributed by atoms with E-state index < -0.39 is 0 Å². The molecule has 132 valence electrons. The van der Waals surface area contributed by atoms with Gasteiger partial charge in [0.25, 0.3) is 0 Å². The average molecular weight is 386 g/mol. The number of thioether (sulfide) groups is 1. The molecule has 3 aromatic rings. The van der Waals surface area contributed by atoms with E-state index in [0.29, 0.717) is 29.6 Å². The summed E-state index contributed by atoms with van der Waals surface area (Å²) in [6.07, 6.45) is 1.33. The second-order valence-corrected chi connectivity index (χ2v) is 7.54. The Balaban J connectivity index is 1.71. The molecule has 0 bridgehead atoms. The summed E-state index contributed by atoms with van der Waals surface area (Å²) in [7, 11) is 0. The maximum Gasteiger partial charge on any atom is 0.319 e. The van der Waals surface area contributed by atoms with Crippen LogP contribution in [-0.4, -0.2) is 32.6 Å². The van der Waals surface area contributed by atoms with Crippen LogP contribution in [0.3, 0.4) is 0 Å². The van der Waals surface area contributed by atoms with E-state index in [2.05, 4.69) is 22.3 Å². The van der Waals surface area contributed by atoms with Gasteiger partial charge in [-0.3, -0.25) is 9.36 Å². The van der Waals surface area contributed by atoms with E-state index in [0.717, 1.165) is 17.1 Å². The number of aromatic nitrogens is 3. The van der Waals surface area contributed by atoms with Crippen LogP contribution in [0.4, 0.5) is 0 Å². The van der Waals surface area contributed by atoms with Crippen molar-refractivity contribution in [1.82, 2.24) is 14.8 Å². The molecule has 1 unspecified atom stereocenters. The van der Waals surface area contributed by atoms with Crippen LogP contribution in [0.25, 0.3) is 5.69 Å². The Morgan fingerprint density at radius 3 is 2.58 bits per heavy atom. The molecular weight excluding hydrogens is 370 g/mol. The van der Waals surface area contributed by atoms with Crippen molar-refractivity contribution in [2.75, 3.05) is 6.61 Å². The predicted molar refractivity (Wildman–Crippen MR) is 101 cm³/mol. The zero-order chi connectivity index (χ0) is 17.9. The van der Waals surface area contributed by atoms with Crippen LogP contribution in [0.1, 0.15) is 17.8 Å². The van der Waals surface area contributed by atoms with Crippen molar-refractivity contribution in [3.8, 4) is 5.69 Å². The zero-order valence-electron chi connectivity index (χ0n) is 13.8. The van der Waals surface area contributed by atoms with Gasteiger partial charge in [0.05, 0.1) is 6.61 Å². The van der Waals surface area contributed by atoms with Crippen molar-refractivity contribution in [3.63, 3.8) is 0 Å².